The van der Waals surface area contributed by atoms with Gasteiger partial charge in [0.15, 0.2) is 0 Å². The van der Waals surface area contributed by atoms with Gasteiger partial charge in [0.05, 0.1) is 39.5 Å². The first-order valence-electron chi connectivity index (χ1n) is 11.9. The topological polar surface area (TPSA) is 55.8 Å². The van der Waals surface area contributed by atoms with E-state index in [9.17, 15) is 9.59 Å². The third-order valence-corrected chi connectivity index (χ3v) is 9.84. The molecule has 0 saturated carbocycles. The Morgan fingerprint density at radius 2 is 1.55 bits per heavy atom. The fourth-order valence-corrected chi connectivity index (χ4v) is 7.75. The van der Waals surface area contributed by atoms with Crippen molar-refractivity contribution >= 4 is 68.6 Å². The summed E-state index contributed by atoms with van der Waals surface area (Å²) in [7, 11) is 2.94. The molecule has 0 unspecified atom stereocenters. The van der Waals surface area contributed by atoms with Crippen molar-refractivity contribution in [3.05, 3.63) is 105 Å². The number of methoxy groups -OCH3 is 2. The van der Waals surface area contributed by atoms with E-state index in [1.807, 2.05) is 92.7 Å². The Morgan fingerprint density at radius 3 is 2.18 bits per heavy atom. The first-order valence-corrected chi connectivity index (χ1v) is 13.9. The summed E-state index contributed by atoms with van der Waals surface area (Å²) in [5.74, 6) is 0.574. The molecule has 3 aromatic carbocycles. The normalized spacial score (nSPS) is 18.3. The van der Waals surface area contributed by atoms with E-state index < -0.39 is 11.6 Å². The third-order valence-electron chi connectivity index (χ3n) is 6.49. The number of carbonyl (C=O) groups excluding carboxylic acids is 2. The van der Waals surface area contributed by atoms with Crippen molar-refractivity contribution in [3.8, 4) is 5.75 Å². The van der Waals surface area contributed by atoms with Crippen LogP contribution in [0.5, 0.6) is 5.75 Å². The van der Waals surface area contributed by atoms with Gasteiger partial charge in [0, 0.05) is 27.7 Å². The number of thiocarbonyl (C=S) groups is 1. The first kappa shape index (κ1) is 26.3. The van der Waals surface area contributed by atoms with Crippen LogP contribution in [0.25, 0.3) is 10.5 Å². The number of anilines is 1. The molecule has 0 aliphatic carbocycles. The minimum atomic E-state index is -0.871. The van der Waals surface area contributed by atoms with Crippen LogP contribution in [0.3, 0.4) is 0 Å². The number of hydrogen-bond donors (Lipinski definition) is 0. The van der Waals surface area contributed by atoms with Crippen LogP contribution in [0.4, 0.5) is 10.5 Å². The molecule has 5 rings (SSSR count). The lowest BCUT2D eigenvalue weighted by molar-refractivity contribution is 0.104. The number of carbonyl (C=O) groups is 2. The highest BCUT2D eigenvalue weighted by atomic mass is 32.2. The highest BCUT2D eigenvalue weighted by molar-refractivity contribution is 8.32. The Bertz CT molecular complexity index is 1510. The molecule has 3 aromatic rings. The Morgan fingerprint density at radius 1 is 0.895 bits per heavy atom. The molecule has 0 bridgehead atoms. The monoisotopic (exact) mass is 559 g/mol. The molecule has 38 heavy (non-hydrogen) atoms. The zero-order chi connectivity index (χ0) is 27.0. The summed E-state index contributed by atoms with van der Waals surface area (Å²) < 4.78 is 11.5. The summed E-state index contributed by atoms with van der Waals surface area (Å²) in [6.07, 6.45) is -0.509. The number of Topliss-reactive ketones (excluding diaryl/α,β-unsaturated/α-hetero) is 1. The number of benzene rings is 3. The van der Waals surface area contributed by atoms with Crippen molar-refractivity contribution in [2.75, 3.05) is 19.1 Å². The van der Waals surface area contributed by atoms with Crippen molar-refractivity contribution in [1.82, 2.24) is 0 Å². The molecule has 0 saturated heterocycles. The second-order valence-corrected chi connectivity index (χ2v) is 11.9. The summed E-state index contributed by atoms with van der Waals surface area (Å²) in [5.41, 5.74) is 2.99. The maximum atomic E-state index is 13.7. The van der Waals surface area contributed by atoms with Crippen LogP contribution in [0, 0.1) is 0 Å². The van der Waals surface area contributed by atoms with Crippen LogP contribution < -0.4 is 9.64 Å². The zero-order valence-electron chi connectivity index (χ0n) is 21.3. The van der Waals surface area contributed by atoms with E-state index >= 15 is 0 Å². The van der Waals surface area contributed by atoms with Crippen LogP contribution in [-0.2, 0) is 4.74 Å². The van der Waals surface area contributed by atoms with Gasteiger partial charge in [-0.25, -0.2) is 4.79 Å². The van der Waals surface area contributed by atoms with E-state index in [2.05, 4.69) is 0 Å². The van der Waals surface area contributed by atoms with Gasteiger partial charge in [-0.15, -0.1) is 0 Å². The standard InChI is InChI=1S/C30H25NO4S3/c1-30(2)27(36)23(21-16-15-20(34-3)17-22(21)31(30)29(33)35-4)28-37-25(19-13-9-6-10-14-19)26(38-28)24(32)18-11-7-5-8-12-18/h5-17H,1-4H3. The summed E-state index contributed by atoms with van der Waals surface area (Å²) in [6.45, 7) is 3.81. The molecule has 1 amide bonds. The van der Waals surface area contributed by atoms with Crippen LogP contribution in [0.1, 0.15) is 35.3 Å². The fraction of sp³-hybridized carbons (Fsp3) is 0.167. The Hall–Kier alpha value is -3.33. The number of nitrogens with zero attached hydrogens (tertiary/aromatic N) is 1. The Kier molecular flexibility index (Phi) is 7.22. The molecule has 2 aliphatic heterocycles. The van der Waals surface area contributed by atoms with E-state index in [1.165, 1.54) is 18.9 Å². The molecule has 0 fully saturated rings. The Balaban J connectivity index is 1.71. The average molecular weight is 560 g/mol. The van der Waals surface area contributed by atoms with Crippen LogP contribution >= 0.6 is 35.7 Å². The lowest BCUT2D eigenvalue weighted by Gasteiger charge is -2.44. The van der Waals surface area contributed by atoms with Crippen LogP contribution in [0.2, 0.25) is 0 Å². The van der Waals surface area contributed by atoms with E-state index in [1.54, 1.807) is 23.8 Å². The summed E-state index contributed by atoms with van der Waals surface area (Å²) in [4.78, 5) is 30.4. The maximum Gasteiger partial charge on any atom is 0.414 e. The molecule has 0 spiro atoms. The van der Waals surface area contributed by atoms with E-state index in [0.717, 1.165) is 25.8 Å². The number of fused-ring (bicyclic) bond motifs is 1. The molecule has 192 valence electrons. The fourth-order valence-electron chi connectivity index (χ4n) is 4.54. The van der Waals surface area contributed by atoms with Gasteiger partial charge in [0.25, 0.3) is 0 Å². The number of amides is 1. The lowest BCUT2D eigenvalue weighted by Crippen LogP contribution is -2.55. The average Bonchev–Trinajstić information content (AvgIpc) is 3.38. The maximum absolute atomic E-state index is 13.7. The predicted octanol–water partition coefficient (Wildman–Crippen LogP) is 7.83. The molecule has 5 nitrogen and oxygen atoms in total. The summed E-state index contributed by atoms with van der Waals surface area (Å²) >= 11 is 9.04. The minimum absolute atomic E-state index is 0.0373. The van der Waals surface area contributed by atoms with Crippen LogP contribution in [-0.4, -0.2) is 36.5 Å². The molecule has 8 heteroatoms. The van der Waals surface area contributed by atoms with Gasteiger partial charge < -0.3 is 9.47 Å². The van der Waals surface area contributed by atoms with Gasteiger partial charge in [0.1, 0.15) is 5.75 Å². The first-order chi connectivity index (χ1) is 18.3. The van der Waals surface area contributed by atoms with Gasteiger partial charge in [0.2, 0.25) is 5.78 Å². The lowest BCUT2D eigenvalue weighted by atomic mass is 9.83. The molecular formula is C30H25NO4S3. The van der Waals surface area contributed by atoms with Crippen molar-refractivity contribution in [2.45, 2.75) is 19.4 Å². The quantitative estimate of drug-likeness (QED) is 0.183. The van der Waals surface area contributed by atoms with Crippen molar-refractivity contribution in [2.24, 2.45) is 0 Å². The minimum Gasteiger partial charge on any atom is -0.497 e. The second-order valence-electron chi connectivity index (χ2n) is 9.16. The van der Waals surface area contributed by atoms with E-state index in [0.29, 0.717) is 26.8 Å². The second kappa shape index (κ2) is 10.4. The number of hydrogen-bond acceptors (Lipinski definition) is 7. The number of rotatable bonds is 4. The third kappa shape index (κ3) is 4.46. The van der Waals surface area contributed by atoms with Crippen molar-refractivity contribution in [1.29, 1.82) is 0 Å². The smallest absolute Gasteiger partial charge is 0.414 e. The number of thioether (sulfide) groups is 2. The van der Waals surface area contributed by atoms with Crippen molar-refractivity contribution in [3.63, 3.8) is 0 Å². The summed E-state index contributed by atoms with van der Waals surface area (Å²) in [5, 5.41) is 0. The molecule has 0 radical (unpaired) electrons. The van der Waals surface area contributed by atoms with Gasteiger partial charge in [-0.1, -0.05) is 96.4 Å². The van der Waals surface area contributed by atoms with Gasteiger partial charge in [-0.3, -0.25) is 9.69 Å². The highest BCUT2D eigenvalue weighted by Crippen LogP contribution is 2.59. The Labute approximate surface area is 235 Å². The molecule has 2 heterocycles. The van der Waals surface area contributed by atoms with E-state index in [4.69, 9.17) is 21.7 Å². The zero-order valence-corrected chi connectivity index (χ0v) is 23.8. The molecule has 2 aliphatic rings. The largest absolute Gasteiger partial charge is 0.497 e. The number of ketones is 1. The van der Waals surface area contributed by atoms with Crippen molar-refractivity contribution < 1.29 is 19.1 Å². The molecule has 0 N–H and O–H groups in total. The van der Waals surface area contributed by atoms with Crippen LogP contribution in [0.15, 0.2) is 88.0 Å². The SMILES string of the molecule is COC(=O)N1c2cc(OC)ccc2C(=C2SC(C(=O)c3ccccc3)=C(c3ccccc3)S2)C(=S)C1(C)C. The number of ether oxygens (including phenoxy) is 2. The van der Waals surface area contributed by atoms with E-state index in [-0.39, 0.29) is 5.78 Å². The molecular weight excluding hydrogens is 535 g/mol. The van der Waals surface area contributed by atoms with Gasteiger partial charge in [-0.2, -0.15) is 0 Å². The predicted molar refractivity (Wildman–Crippen MR) is 161 cm³/mol. The summed E-state index contributed by atoms with van der Waals surface area (Å²) in [6, 6.07) is 24.8. The van der Waals surface area contributed by atoms with Gasteiger partial charge >= 0.3 is 6.09 Å². The number of allylic oxidation sites excluding steroid dienone is 1. The highest BCUT2D eigenvalue weighted by Gasteiger charge is 2.46. The van der Waals surface area contributed by atoms with Gasteiger partial charge in [-0.05, 0) is 31.5 Å². The molecule has 0 atom stereocenters. The molecule has 0 aromatic heterocycles.